The molecule has 0 fully saturated rings. The quantitative estimate of drug-likeness (QED) is 0.350. The van der Waals surface area contributed by atoms with Crippen molar-refractivity contribution >= 4 is 23.1 Å². The van der Waals surface area contributed by atoms with E-state index in [0.29, 0.717) is 17.3 Å². The molecule has 0 atom stereocenters. The van der Waals surface area contributed by atoms with Gasteiger partial charge in [-0.25, -0.2) is 0 Å². The number of benzene rings is 1. The van der Waals surface area contributed by atoms with Gasteiger partial charge in [-0.1, -0.05) is 28.9 Å². The lowest BCUT2D eigenvalue weighted by atomic mass is 10.1. The number of hydrogen-bond donors (Lipinski definition) is 3. The highest BCUT2D eigenvalue weighted by atomic mass is 35.5. The van der Waals surface area contributed by atoms with Crippen LogP contribution in [0.2, 0.25) is 5.02 Å². The number of hydrogen-bond acceptors (Lipinski definition) is 4. The highest BCUT2D eigenvalue weighted by Crippen LogP contribution is 2.25. The van der Waals surface area contributed by atoms with Crippen LogP contribution in [-0.2, 0) is 6.54 Å². The molecule has 0 spiro atoms. The summed E-state index contributed by atoms with van der Waals surface area (Å²) in [7, 11) is 0. The number of rotatable bonds is 4. The standard InChI is InChI=1S/C14H15ClN4O/c1-9-3-2-4-11(15)13(9)18-8-10-5-6-17-12(7-10)14(16)19-20/h2-7,18,20H,8H2,1H3,(H2,16,19). The minimum absolute atomic E-state index is 0.0132. The van der Waals surface area contributed by atoms with Gasteiger partial charge >= 0.3 is 0 Å². The molecule has 0 aliphatic heterocycles. The maximum absolute atomic E-state index is 8.65. The number of nitrogens with two attached hydrogens (primary N) is 1. The van der Waals surface area contributed by atoms with Gasteiger partial charge in [0.05, 0.1) is 10.7 Å². The Hall–Kier alpha value is -2.27. The number of para-hydroxylation sites is 1. The minimum atomic E-state index is -0.0132. The lowest BCUT2D eigenvalue weighted by Gasteiger charge is -2.11. The fourth-order valence-corrected chi connectivity index (χ4v) is 2.11. The van der Waals surface area contributed by atoms with Crippen LogP contribution in [0, 0.1) is 6.92 Å². The molecule has 0 amide bonds. The molecule has 0 saturated carbocycles. The number of aryl methyl sites for hydroxylation is 1. The molecule has 1 aromatic carbocycles. The summed E-state index contributed by atoms with van der Waals surface area (Å²) in [6.07, 6.45) is 1.61. The Morgan fingerprint density at radius 1 is 1.45 bits per heavy atom. The molecule has 0 unspecified atom stereocenters. The van der Waals surface area contributed by atoms with E-state index < -0.39 is 0 Å². The van der Waals surface area contributed by atoms with E-state index in [1.54, 1.807) is 12.3 Å². The van der Waals surface area contributed by atoms with E-state index in [-0.39, 0.29) is 5.84 Å². The van der Waals surface area contributed by atoms with Gasteiger partial charge in [0.25, 0.3) is 0 Å². The number of pyridine rings is 1. The van der Waals surface area contributed by atoms with Crippen molar-refractivity contribution in [3.8, 4) is 0 Å². The average Bonchev–Trinajstić information content (AvgIpc) is 2.46. The van der Waals surface area contributed by atoms with E-state index in [2.05, 4.69) is 15.5 Å². The number of nitrogens with zero attached hydrogens (tertiary/aromatic N) is 2. The summed E-state index contributed by atoms with van der Waals surface area (Å²) < 4.78 is 0. The monoisotopic (exact) mass is 290 g/mol. The summed E-state index contributed by atoms with van der Waals surface area (Å²) in [6, 6.07) is 9.35. The number of amidine groups is 1. The molecular formula is C14H15ClN4O. The van der Waals surface area contributed by atoms with Crippen LogP contribution in [0.1, 0.15) is 16.8 Å². The molecule has 104 valence electrons. The van der Waals surface area contributed by atoms with Crippen LogP contribution in [0.15, 0.2) is 41.7 Å². The molecule has 5 nitrogen and oxygen atoms in total. The highest BCUT2D eigenvalue weighted by molar-refractivity contribution is 6.33. The Bertz CT molecular complexity index is 623. The molecule has 0 aliphatic carbocycles. The largest absolute Gasteiger partial charge is 0.409 e. The number of anilines is 1. The molecule has 0 bridgehead atoms. The second kappa shape index (κ2) is 6.25. The van der Waals surface area contributed by atoms with Crippen molar-refractivity contribution in [1.82, 2.24) is 4.98 Å². The molecule has 4 N–H and O–H groups in total. The van der Waals surface area contributed by atoms with E-state index >= 15 is 0 Å². The van der Waals surface area contributed by atoms with Crippen LogP contribution in [0.4, 0.5) is 5.69 Å². The van der Waals surface area contributed by atoms with E-state index in [1.165, 1.54) is 0 Å². The molecule has 1 heterocycles. The first-order valence-corrected chi connectivity index (χ1v) is 6.41. The number of oxime groups is 1. The first-order chi connectivity index (χ1) is 9.61. The molecule has 2 rings (SSSR count). The summed E-state index contributed by atoms with van der Waals surface area (Å²) in [4.78, 5) is 4.03. The van der Waals surface area contributed by atoms with Crippen LogP contribution in [-0.4, -0.2) is 16.0 Å². The minimum Gasteiger partial charge on any atom is -0.409 e. The fourth-order valence-electron chi connectivity index (χ4n) is 1.82. The molecule has 0 aliphatic rings. The normalized spacial score (nSPS) is 11.4. The summed E-state index contributed by atoms with van der Waals surface area (Å²) in [5.41, 5.74) is 8.88. The van der Waals surface area contributed by atoms with Crippen molar-refractivity contribution in [2.75, 3.05) is 5.32 Å². The smallest absolute Gasteiger partial charge is 0.188 e. The molecule has 0 saturated heterocycles. The van der Waals surface area contributed by atoms with E-state index in [4.69, 9.17) is 22.5 Å². The van der Waals surface area contributed by atoms with Crippen molar-refractivity contribution in [3.05, 3.63) is 58.4 Å². The lowest BCUT2D eigenvalue weighted by molar-refractivity contribution is 0.318. The second-order valence-corrected chi connectivity index (χ2v) is 4.73. The first kappa shape index (κ1) is 14.1. The van der Waals surface area contributed by atoms with Crippen LogP contribution in [0.25, 0.3) is 0 Å². The third kappa shape index (κ3) is 3.19. The van der Waals surface area contributed by atoms with Gasteiger partial charge in [0.15, 0.2) is 5.84 Å². The third-order valence-electron chi connectivity index (χ3n) is 2.89. The van der Waals surface area contributed by atoms with Gasteiger partial charge in [-0.15, -0.1) is 0 Å². The third-order valence-corrected chi connectivity index (χ3v) is 3.20. The topological polar surface area (TPSA) is 83.5 Å². The zero-order chi connectivity index (χ0) is 14.5. The average molecular weight is 291 g/mol. The van der Waals surface area contributed by atoms with Crippen LogP contribution < -0.4 is 11.1 Å². The molecule has 6 heteroatoms. The zero-order valence-corrected chi connectivity index (χ0v) is 11.7. The first-order valence-electron chi connectivity index (χ1n) is 6.03. The zero-order valence-electron chi connectivity index (χ0n) is 11.0. The predicted molar refractivity (Wildman–Crippen MR) is 80.3 cm³/mol. The Kier molecular flexibility index (Phi) is 4.42. The maximum atomic E-state index is 8.65. The lowest BCUT2D eigenvalue weighted by Crippen LogP contribution is -2.15. The van der Waals surface area contributed by atoms with Gasteiger partial charge in [0.2, 0.25) is 0 Å². The molecular weight excluding hydrogens is 276 g/mol. The van der Waals surface area contributed by atoms with Crippen LogP contribution in [0.3, 0.4) is 0 Å². The number of nitrogens with one attached hydrogen (secondary N) is 1. The van der Waals surface area contributed by atoms with Gasteiger partial charge in [-0.05, 0) is 36.2 Å². The Morgan fingerprint density at radius 2 is 2.25 bits per heavy atom. The maximum Gasteiger partial charge on any atom is 0.188 e. The Balaban J connectivity index is 2.15. The van der Waals surface area contributed by atoms with E-state index in [1.807, 2.05) is 31.2 Å². The molecule has 20 heavy (non-hydrogen) atoms. The van der Waals surface area contributed by atoms with Gasteiger partial charge in [-0.3, -0.25) is 4.98 Å². The van der Waals surface area contributed by atoms with Crippen molar-refractivity contribution in [1.29, 1.82) is 0 Å². The molecule has 2 aromatic rings. The summed E-state index contributed by atoms with van der Waals surface area (Å²) >= 11 is 6.15. The number of halogens is 1. The van der Waals surface area contributed by atoms with E-state index in [9.17, 15) is 0 Å². The van der Waals surface area contributed by atoms with Crippen molar-refractivity contribution < 1.29 is 5.21 Å². The molecule has 1 aromatic heterocycles. The van der Waals surface area contributed by atoms with Gasteiger partial charge in [0.1, 0.15) is 5.69 Å². The summed E-state index contributed by atoms with van der Waals surface area (Å²) in [5, 5.41) is 15.5. The highest BCUT2D eigenvalue weighted by Gasteiger charge is 2.05. The summed E-state index contributed by atoms with van der Waals surface area (Å²) in [5.74, 6) is -0.0132. The second-order valence-electron chi connectivity index (χ2n) is 4.32. The van der Waals surface area contributed by atoms with Gasteiger partial charge < -0.3 is 16.3 Å². The summed E-state index contributed by atoms with van der Waals surface area (Å²) in [6.45, 7) is 2.56. The van der Waals surface area contributed by atoms with Crippen LogP contribution in [0.5, 0.6) is 0 Å². The SMILES string of the molecule is Cc1cccc(Cl)c1NCc1ccnc(C(N)=NO)c1. The number of aromatic nitrogens is 1. The molecule has 0 radical (unpaired) electrons. The van der Waals surface area contributed by atoms with E-state index in [0.717, 1.165) is 16.8 Å². The van der Waals surface area contributed by atoms with Crippen molar-refractivity contribution in [3.63, 3.8) is 0 Å². The van der Waals surface area contributed by atoms with Gasteiger partial charge in [-0.2, -0.15) is 0 Å². The van der Waals surface area contributed by atoms with Crippen LogP contribution >= 0.6 is 11.6 Å². The Morgan fingerprint density at radius 3 is 2.95 bits per heavy atom. The van der Waals surface area contributed by atoms with Gasteiger partial charge in [0, 0.05) is 12.7 Å². The predicted octanol–water partition coefficient (Wildman–Crippen LogP) is 2.75. The van der Waals surface area contributed by atoms with Crippen molar-refractivity contribution in [2.24, 2.45) is 10.9 Å². The van der Waals surface area contributed by atoms with Crippen molar-refractivity contribution in [2.45, 2.75) is 13.5 Å². The Labute approximate surface area is 122 Å². The fraction of sp³-hybridized carbons (Fsp3) is 0.143.